The van der Waals surface area contributed by atoms with Gasteiger partial charge in [0, 0.05) is 30.9 Å². The number of nitriles is 1. The van der Waals surface area contributed by atoms with E-state index in [0.717, 1.165) is 23.3 Å². The summed E-state index contributed by atoms with van der Waals surface area (Å²) in [6.45, 7) is 4.68. The van der Waals surface area contributed by atoms with E-state index in [-0.39, 0.29) is 5.75 Å². The average molecular weight is 417 g/mol. The van der Waals surface area contributed by atoms with Crippen molar-refractivity contribution in [2.75, 3.05) is 11.9 Å². The van der Waals surface area contributed by atoms with Crippen LogP contribution in [0.3, 0.4) is 0 Å². The molecule has 1 aliphatic carbocycles. The molecule has 1 aliphatic rings. The fourth-order valence-electron chi connectivity index (χ4n) is 4.41. The van der Waals surface area contributed by atoms with Crippen LogP contribution in [0.1, 0.15) is 45.2 Å². The van der Waals surface area contributed by atoms with E-state index in [4.69, 9.17) is 5.26 Å². The Kier molecular flexibility index (Phi) is 5.90. The van der Waals surface area contributed by atoms with Gasteiger partial charge in [-0.1, -0.05) is 26.7 Å². The van der Waals surface area contributed by atoms with Crippen LogP contribution in [0.5, 0.6) is 5.75 Å². The van der Waals surface area contributed by atoms with Crippen molar-refractivity contribution in [2.24, 2.45) is 11.8 Å². The summed E-state index contributed by atoms with van der Waals surface area (Å²) in [5.74, 6) is 2.40. The van der Waals surface area contributed by atoms with E-state index >= 15 is 0 Å². The highest BCUT2D eigenvalue weighted by molar-refractivity contribution is 5.69. The van der Waals surface area contributed by atoms with Gasteiger partial charge < -0.3 is 14.6 Å². The topological polar surface area (TPSA) is 90.9 Å². The third-order valence-corrected chi connectivity index (χ3v) is 6.31. The largest absolute Gasteiger partial charge is 0.507 e. The lowest BCUT2D eigenvalue weighted by Gasteiger charge is -2.30. The Labute approximate surface area is 183 Å². The lowest BCUT2D eigenvalue weighted by molar-refractivity contribution is 0.446. The number of phenols is 1. The lowest BCUT2D eigenvalue weighted by Crippen LogP contribution is -2.34. The number of hydrogen-bond acceptors (Lipinski definition) is 6. The Bertz CT molecular complexity index is 1070. The van der Waals surface area contributed by atoms with Gasteiger partial charge in [0.1, 0.15) is 18.1 Å². The number of aromatic hydroxyl groups is 1. The first kappa shape index (κ1) is 20.9. The van der Waals surface area contributed by atoms with Crippen molar-refractivity contribution in [3.05, 3.63) is 48.5 Å². The van der Waals surface area contributed by atoms with E-state index < -0.39 is 0 Å². The zero-order chi connectivity index (χ0) is 22.0. The number of rotatable bonds is 4. The molecule has 3 aromatic rings. The van der Waals surface area contributed by atoms with Crippen LogP contribution in [-0.2, 0) is 0 Å². The molecule has 31 heavy (non-hydrogen) atoms. The molecule has 0 aliphatic heterocycles. The second-order valence-corrected chi connectivity index (χ2v) is 8.78. The van der Waals surface area contributed by atoms with E-state index in [1.165, 1.54) is 25.7 Å². The van der Waals surface area contributed by atoms with Gasteiger partial charge in [-0.15, -0.1) is 10.2 Å². The summed E-state index contributed by atoms with van der Waals surface area (Å²) in [7, 11) is 2.10. The molecule has 0 radical (unpaired) electrons. The van der Waals surface area contributed by atoms with Crippen molar-refractivity contribution in [2.45, 2.75) is 45.6 Å². The molecule has 2 aromatic heterocycles. The summed E-state index contributed by atoms with van der Waals surface area (Å²) in [6, 6.07) is 11.6. The first-order valence-corrected chi connectivity index (χ1v) is 10.8. The van der Waals surface area contributed by atoms with Crippen LogP contribution in [0.2, 0.25) is 0 Å². The van der Waals surface area contributed by atoms with Gasteiger partial charge in [0.25, 0.3) is 0 Å². The second kappa shape index (κ2) is 8.76. The van der Waals surface area contributed by atoms with Crippen molar-refractivity contribution < 1.29 is 5.11 Å². The van der Waals surface area contributed by atoms with Crippen LogP contribution in [0, 0.1) is 23.2 Å². The molecular weight excluding hydrogens is 388 g/mol. The monoisotopic (exact) mass is 416 g/mol. The van der Waals surface area contributed by atoms with E-state index in [2.05, 4.69) is 41.0 Å². The van der Waals surface area contributed by atoms with Gasteiger partial charge in [-0.3, -0.25) is 0 Å². The summed E-state index contributed by atoms with van der Waals surface area (Å²) in [6.07, 6.45) is 8.11. The molecule has 2 heterocycles. The number of aromatic nitrogens is 4. The highest BCUT2D eigenvalue weighted by Gasteiger charge is 2.25. The molecule has 0 amide bonds. The maximum Gasteiger partial charge on any atom is 0.158 e. The average Bonchev–Trinajstić information content (AvgIpc) is 3.19. The molecular formula is C24H28N6O. The molecule has 0 bridgehead atoms. The van der Waals surface area contributed by atoms with Crippen molar-refractivity contribution in [1.82, 2.24) is 19.7 Å². The predicted octanol–water partition coefficient (Wildman–Crippen LogP) is 4.56. The predicted molar refractivity (Wildman–Crippen MR) is 120 cm³/mol. The van der Waals surface area contributed by atoms with Gasteiger partial charge >= 0.3 is 0 Å². The maximum atomic E-state index is 10.6. The third kappa shape index (κ3) is 4.53. The molecule has 1 N–H and O–H groups in total. The summed E-state index contributed by atoms with van der Waals surface area (Å²) >= 11 is 0. The normalized spacial score (nSPS) is 21.3. The summed E-state index contributed by atoms with van der Waals surface area (Å²) in [5.41, 5.74) is 2.28. The van der Waals surface area contributed by atoms with Gasteiger partial charge in [-0.05, 0) is 48.9 Å². The first-order valence-electron chi connectivity index (χ1n) is 10.8. The van der Waals surface area contributed by atoms with Gasteiger partial charge in [0.2, 0.25) is 0 Å². The van der Waals surface area contributed by atoms with Crippen LogP contribution in [-0.4, -0.2) is 37.9 Å². The Balaban J connectivity index is 1.53. The van der Waals surface area contributed by atoms with Crippen LogP contribution >= 0.6 is 0 Å². The minimum Gasteiger partial charge on any atom is -0.507 e. The van der Waals surface area contributed by atoms with Crippen molar-refractivity contribution in [3.8, 4) is 28.8 Å². The van der Waals surface area contributed by atoms with Gasteiger partial charge in [0.05, 0.1) is 11.4 Å². The molecule has 4 rings (SSSR count). The molecule has 0 spiro atoms. The fourth-order valence-corrected chi connectivity index (χ4v) is 4.41. The van der Waals surface area contributed by atoms with Gasteiger partial charge in [-0.25, -0.2) is 4.98 Å². The Morgan fingerprint density at radius 3 is 2.42 bits per heavy atom. The minimum absolute atomic E-state index is 0.103. The Hall–Kier alpha value is -3.40. The van der Waals surface area contributed by atoms with Crippen molar-refractivity contribution in [1.29, 1.82) is 5.26 Å². The van der Waals surface area contributed by atoms with Gasteiger partial charge in [-0.2, -0.15) is 5.26 Å². The molecule has 7 heteroatoms. The second-order valence-electron chi connectivity index (χ2n) is 8.78. The number of phenolic OH excluding ortho intramolecular Hbond substituents is 1. The van der Waals surface area contributed by atoms with Crippen molar-refractivity contribution >= 4 is 5.82 Å². The standard InChI is InChI=1S/C24H28N6O/c1-16-4-5-17(2)11-20(10-16)29(3)24-9-8-22(27-28-24)21-7-6-19(12-23(21)31)30-14-18(13-25)26-15-30/h6-9,12,14-17,20,31H,4-5,10-11H2,1-3H3/t16-,17+,20+. The molecule has 3 atom stereocenters. The summed E-state index contributed by atoms with van der Waals surface area (Å²) in [4.78, 5) is 6.25. The van der Waals surface area contributed by atoms with Crippen LogP contribution in [0.4, 0.5) is 5.82 Å². The first-order chi connectivity index (χ1) is 14.9. The zero-order valence-corrected chi connectivity index (χ0v) is 18.2. The zero-order valence-electron chi connectivity index (χ0n) is 18.2. The van der Waals surface area contributed by atoms with Crippen LogP contribution in [0.25, 0.3) is 16.9 Å². The van der Waals surface area contributed by atoms with E-state index in [1.807, 2.05) is 24.3 Å². The minimum atomic E-state index is 0.103. The van der Waals surface area contributed by atoms with E-state index in [0.29, 0.717) is 23.0 Å². The quantitative estimate of drug-likeness (QED) is 0.627. The molecule has 0 saturated heterocycles. The Morgan fingerprint density at radius 1 is 1.10 bits per heavy atom. The number of anilines is 1. The lowest BCUT2D eigenvalue weighted by atomic mass is 9.98. The smallest absolute Gasteiger partial charge is 0.158 e. The Morgan fingerprint density at radius 2 is 1.84 bits per heavy atom. The highest BCUT2D eigenvalue weighted by atomic mass is 16.3. The summed E-state index contributed by atoms with van der Waals surface area (Å²) in [5, 5.41) is 28.4. The third-order valence-electron chi connectivity index (χ3n) is 6.31. The molecule has 160 valence electrons. The fraction of sp³-hybridized carbons (Fsp3) is 0.417. The van der Waals surface area contributed by atoms with Crippen molar-refractivity contribution in [3.63, 3.8) is 0 Å². The van der Waals surface area contributed by atoms with Crippen LogP contribution < -0.4 is 4.90 Å². The molecule has 1 aromatic carbocycles. The number of imidazole rings is 1. The molecule has 7 nitrogen and oxygen atoms in total. The van der Waals surface area contributed by atoms with Gasteiger partial charge in [0.15, 0.2) is 11.5 Å². The molecule has 1 fully saturated rings. The van der Waals surface area contributed by atoms with E-state index in [1.54, 1.807) is 29.2 Å². The summed E-state index contributed by atoms with van der Waals surface area (Å²) < 4.78 is 1.69. The number of hydrogen-bond donors (Lipinski definition) is 1. The number of nitrogens with zero attached hydrogens (tertiary/aromatic N) is 6. The SMILES string of the molecule is C[C@@H]1CC[C@H](C)C[C@@H](N(C)c2ccc(-c3ccc(-n4cnc(C#N)c4)cc3O)nn2)C1. The highest BCUT2D eigenvalue weighted by Crippen LogP contribution is 2.33. The van der Waals surface area contributed by atoms with E-state index in [9.17, 15) is 5.11 Å². The number of benzene rings is 1. The molecule has 1 saturated carbocycles. The maximum absolute atomic E-state index is 10.6. The van der Waals surface area contributed by atoms with Crippen LogP contribution in [0.15, 0.2) is 42.9 Å². The molecule has 0 unspecified atom stereocenters.